The molecular formula is C9H15N3O. The van der Waals surface area contributed by atoms with Crippen LogP contribution in [0.25, 0.3) is 0 Å². The molecule has 1 heterocycles. The van der Waals surface area contributed by atoms with Gasteiger partial charge in [-0.1, -0.05) is 18.0 Å². The van der Waals surface area contributed by atoms with Gasteiger partial charge in [-0.15, -0.1) is 0 Å². The second kappa shape index (κ2) is 4.37. The van der Waals surface area contributed by atoms with E-state index in [1.54, 1.807) is 0 Å². The molecule has 0 atom stereocenters. The van der Waals surface area contributed by atoms with Gasteiger partial charge in [0.2, 0.25) is 5.89 Å². The molecule has 4 heteroatoms. The lowest BCUT2D eigenvalue weighted by Gasteiger charge is -2.00. The van der Waals surface area contributed by atoms with Crippen LogP contribution >= 0.6 is 0 Å². The van der Waals surface area contributed by atoms with E-state index < -0.39 is 0 Å². The standard InChI is InChI=1S/C9H15N3O/c1-2-8(1)3-5-10-6-4-9-11-7-12-13-9/h7-8,10H,1-6H2. The van der Waals surface area contributed by atoms with E-state index in [4.69, 9.17) is 4.52 Å². The molecule has 0 unspecified atom stereocenters. The summed E-state index contributed by atoms with van der Waals surface area (Å²) in [7, 11) is 0. The Hall–Kier alpha value is -0.900. The highest BCUT2D eigenvalue weighted by atomic mass is 16.5. The van der Waals surface area contributed by atoms with Crippen molar-refractivity contribution in [3.05, 3.63) is 12.2 Å². The summed E-state index contributed by atoms with van der Waals surface area (Å²) in [6.45, 7) is 2.06. The summed E-state index contributed by atoms with van der Waals surface area (Å²) in [4.78, 5) is 3.94. The van der Waals surface area contributed by atoms with Crippen molar-refractivity contribution in [3.8, 4) is 0 Å². The summed E-state index contributed by atoms with van der Waals surface area (Å²) >= 11 is 0. The van der Waals surface area contributed by atoms with Gasteiger partial charge in [0.25, 0.3) is 0 Å². The van der Waals surface area contributed by atoms with Crippen molar-refractivity contribution in [2.45, 2.75) is 25.7 Å². The normalized spacial score (nSPS) is 16.3. The Bertz CT molecular complexity index is 231. The van der Waals surface area contributed by atoms with E-state index in [9.17, 15) is 0 Å². The van der Waals surface area contributed by atoms with Gasteiger partial charge in [-0.2, -0.15) is 4.98 Å². The predicted molar refractivity (Wildman–Crippen MR) is 48.2 cm³/mol. The molecule has 1 saturated carbocycles. The van der Waals surface area contributed by atoms with Gasteiger partial charge in [0.15, 0.2) is 6.33 Å². The van der Waals surface area contributed by atoms with E-state index in [0.717, 1.165) is 31.3 Å². The van der Waals surface area contributed by atoms with E-state index in [0.29, 0.717) is 0 Å². The smallest absolute Gasteiger partial charge is 0.227 e. The highest BCUT2D eigenvalue weighted by Crippen LogP contribution is 2.31. The zero-order valence-electron chi connectivity index (χ0n) is 7.70. The van der Waals surface area contributed by atoms with Gasteiger partial charge in [0, 0.05) is 13.0 Å². The van der Waals surface area contributed by atoms with E-state index in [-0.39, 0.29) is 0 Å². The van der Waals surface area contributed by atoms with Gasteiger partial charge < -0.3 is 9.84 Å². The fraction of sp³-hybridized carbons (Fsp3) is 0.778. The molecule has 4 nitrogen and oxygen atoms in total. The van der Waals surface area contributed by atoms with Gasteiger partial charge in [-0.05, 0) is 18.9 Å². The summed E-state index contributed by atoms with van der Waals surface area (Å²) < 4.78 is 4.87. The van der Waals surface area contributed by atoms with Crippen LogP contribution in [-0.4, -0.2) is 23.2 Å². The number of rotatable bonds is 6. The fourth-order valence-electron chi connectivity index (χ4n) is 1.34. The van der Waals surface area contributed by atoms with Gasteiger partial charge in [-0.25, -0.2) is 0 Å². The van der Waals surface area contributed by atoms with E-state index in [2.05, 4.69) is 15.5 Å². The molecular weight excluding hydrogens is 166 g/mol. The maximum Gasteiger partial charge on any atom is 0.227 e. The molecule has 13 heavy (non-hydrogen) atoms. The van der Waals surface area contributed by atoms with Crippen LogP contribution in [0.15, 0.2) is 10.9 Å². The average Bonchev–Trinajstić information content (AvgIpc) is 2.81. The Balaban J connectivity index is 1.48. The number of nitrogens with one attached hydrogen (secondary N) is 1. The maximum absolute atomic E-state index is 4.87. The summed E-state index contributed by atoms with van der Waals surface area (Å²) in [6.07, 6.45) is 6.48. The number of nitrogens with zero attached hydrogens (tertiary/aromatic N) is 2. The molecule has 0 aromatic carbocycles. The van der Waals surface area contributed by atoms with E-state index >= 15 is 0 Å². The Morgan fingerprint density at radius 1 is 1.46 bits per heavy atom. The third-order valence-corrected chi connectivity index (χ3v) is 2.35. The topological polar surface area (TPSA) is 51.0 Å². The minimum Gasteiger partial charge on any atom is -0.340 e. The highest BCUT2D eigenvalue weighted by molar-refractivity contribution is 4.76. The zero-order valence-corrected chi connectivity index (χ0v) is 7.70. The summed E-state index contributed by atoms with van der Waals surface area (Å²) in [5.74, 6) is 1.73. The van der Waals surface area contributed by atoms with Crippen molar-refractivity contribution in [3.63, 3.8) is 0 Å². The molecule has 1 aliphatic rings. The lowest BCUT2D eigenvalue weighted by Crippen LogP contribution is -2.18. The average molecular weight is 181 g/mol. The van der Waals surface area contributed by atoms with Crippen molar-refractivity contribution in [2.24, 2.45) is 5.92 Å². The molecule has 1 aromatic heterocycles. The van der Waals surface area contributed by atoms with Crippen LogP contribution in [0.2, 0.25) is 0 Å². The van der Waals surface area contributed by atoms with Crippen LogP contribution in [0.3, 0.4) is 0 Å². The highest BCUT2D eigenvalue weighted by Gasteiger charge is 2.19. The van der Waals surface area contributed by atoms with Crippen LogP contribution in [0.4, 0.5) is 0 Å². The van der Waals surface area contributed by atoms with Gasteiger partial charge in [0.1, 0.15) is 0 Å². The first-order valence-electron chi connectivity index (χ1n) is 4.91. The van der Waals surface area contributed by atoms with Crippen LogP contribution in [0.5, 0.6) is 0 Å². The summed E-state index contributed by atoms with van der Waals surface area (Å²) in [6, 6.07) is 0. The largest absolute Gasteiger partial charge is 0.340 e. The van der Waals surface area contributed by atoms with E-state index in [1.165, 1.54) is 25.6 Å². The first kappa shape index (κ1) is 8.69. The van der Waals surface area contributed by atoms with E-state index in [1.807, 2.05) is 0 Å². The molecule has 0 amide bonds. The number of hydrogen-bond donors (Lipinski definition) is 1. The Labute approximate surface area is 77.7 Å². The van der Waals surface area contributed by atoms with Gasteiger partial charge in [0.05, 0.1) is 0 Å². The summed E-state index contributed by atoms with van der Waals surface area (Å²) in [5, 5.41) is 6.91. The maximum atomic E-state index is 4.87. The second-order valence-corrected chi connectivity index (χ2v) is 3.57. The third-order valence-electron chi connectivity index (χ3n) is 2.35. The third kappa shape index (κ3) is 3.14. The molecule has 1 aliphatic carbocycles. The predicted octanol–water partition coefficient (Wildman–Crippen LogP) is 1.00. The molecule has 0 aliphatic heterocycles. The van der Waals surface area contributed by atoms with Gasteiger partial charge >= 0.3 is 0 Å². The molecule has 1 fully saturated rings. The second-order valence-electron chi connectivity index (χ2n) is 3.57. The van der Waals surface area contributed by atoms with Crippen molar-refractivity contribution >= 4 is 0 Å². The molecule has 72 valence electrons. The lowest BCUT2D eigenvalue weighted by atomic mass is 10.3. The molecule has 0 bridgehead atoms. The Morgan fingerprint density at radius 3 is 3.08 bits per heavy atom. The number of hydrogen-bond acceptors (Lipinski definition) is 4. The van der Waals surface area contributed by atoms with Crippen molar-refractivity contribution in [1.29, 1.82) is 0 Å². The minimum absolute atomic E-state index is 0.721. The molecule has 0 radical (unpaired) electrons. The molecule has 1 N–H and O–H groups in total. The van der Waals surface area contributed by atoms with Crippen molar-refractivity contribution < 1.29 is 4.52 Å². The zero-order chi connectivity index (χ0) is 8.93. The fourth-order valence-corrected chi connectivity index (χ4v) is 1.34. The van der Waals surface area contributed by atoms with Crippen LogP contribution in [-0.2, 0) is 6.42 Å². The monoisotopic (exact) mass is 181 g/mol. The van der Waals surface area contributed by atoms with Crippen LogP contribution in [0.1, 0.15) is 25.2 Å². The SMILES string of the molecule is c1noc(CCNCCC2CC2)n1. The quantitative estimate of drug-likeness (QED) is 0.665. The van der Waals surface area contributed by atoms with Crippen LogP contribution in [0, 0.1) is 5.92 Å². The molecule has 1 aromatic rings. The first-order valence-corrected chi connectivity index (χ1v) is 4.91. The molecule has 2 rings (SSSR count). The van der Waals surface area contributed by atoms with Crippen molar-refractivity contribution in [1.82, 2.24) is 15.5 Å². The Morgan fingerprint density at radius 2 is 2.38 bits per heavy atom. The van der Waals surface area contributed by atoms with Crippen LogP contribution < -0.4 is 5.32 Å². The Kier molecular flexibility index (Phi) is 2.92. The number of aromatic nitrogens is 2. The molecule has 0 spiro atoms. The van der Waals surface area contributed by atoms with Crippen molar-refractivity contribution in [2.75, 3.05) is 13.1 Å². The summed E-state index contributed by atoms with van der Waals surface area (Å²) in [5.41, 5.74) is 0. The lowest BCUT2D eigenvalue weighted by molar-refractivity contribution is 0.374. The minimum atomic E-state index is 0.721. The molecule has 0 saturated heterocycles. The first-order chi connectivity index (χ1) is 6.45. The van der Waals surface area contributed by atoms with Gasteiger partial charge in [-0.3, -0.25) is 0 Å².